The Morgan fingerprint density at radius 3 is 3.10 bits per heavy atom. The number of aromatic nitrogens is 7. The molecule has 0 bridgehead atoms. The first-order chi connectivity index (χ1) is 10.2. The Morgan fingerprint density at radius 1 is 1.48 bits per heavy atom. The van der Waals surface area contributed by atoms with Gasteiger partial charge in [-0.15, -0.1) is 10.2 Å². The van der Waals surface area contributed by atoms with Crippen molar-refractivity contribution in [1.29, 1.82) is 0 Å². The molecule has 0 radical (unpaired) electrons. The fraction of sp³-hybridized carbons (Fsp3) is 0.273. The van der Waals surface area contributed by atoms with E-state index in [0.29, 0.717) is 12.4 Å². The third-order valence-electron chi connectivity index (χ3n) is 2.60. The lowest BCUT2D eigenvalue weighted by molar-refractivity contribution is 0.101. The van der Waals surface area contributed by atoms with Gasteiger partial charge in [-0.05, 0) is 19.9 Å². The summed E-state index contributed by atoms with van der Waals surface area (Å²) in [4.78, 5) is 24.1. The van der Waals surface area contributed by atoms with Crippen molar-refractivity contribution < 1.29 is 9.53 Å². The van der Waals surface area contributed by atoms with E-state index in [1.807, 2.05) is 13.8 Å². The predicted octanol–water partition coefficient (Wildman–Crippen LogP) is 0.202. The van der Waals surface area contributed by atoms with Crippen LogP contribution in [0.3, 0.4) is 0 Å². The van der Waals surface area contributed by atoms with Gasteiger partial charge in [0.2, 0.25) is 11.8 Å². The first kappa shape index (κ1) is 13.0. The van der Waals surface area contributed by atoms with Crippen molar-refractivity contribution in [1.82, 2.24) is 34.8 Å². The van der Waals surface area contributed by atoms with E-state index < -0.39 is 5.91 Å². The quantitative estimate of drug-likeness (QED) is 0.703. The van der Waals surface area contributed by atoms with E-state index in [4.69, 9.17) is 4.74 Å². The van der Waals surface area contributed by atoms with Gasteiger partial charge >= 0.3 is 6.01 Å². The fourth-order valence-corrected chi connectivity index (χ4v) is 1.66. The average molecular weight is 288 g/mol. The minimum Gasteiger partial charge on any atom is -0.463 e. The molecule has 0 saturated heterocycles. The third-order valence-corrected chi connectivity index (χ3v) is 2.60. The lowest BCUT2D eigenvalue weighted by Gasteiger charge is -1.96. The van der Waals surface area contributed by atoms with Crippen LogP contribution in [0.5, 0.6) is 6.01 Å². The van der Waals surface area contributed by atoms with Gasteiger partial charge in [0.05, 0.1) is 6.61 Å². The number of carbonyl (C=O) groups is 1. The standard InChI is InChI=1S/C11H12N8O2/c1-3-21-11-15-9(16-17-11)14-8(20)7-13-10-12-5-4-6(2)19(10)18-7/h4-5H,3H2,1-2H3,(H2,14,15,16,17,20). The number of ether oxygens (including phenoxy) is 1. The number of aromatic amines is 1. The van der Waals surface area contributed by atoms with Gasteiger partial charge in [0, 0.05) is 11.9 Å². The molecule has 0 aliphatic rings. The van der Waals surface area contributed by atoms with Gasteiger partial charge in [-0.2, -0.15) is 9.97 Å². The third kappa shape index (κ3) is 2.50. The van der Waals surface area contributed by atoms with Gasteiger partial charge in [0.25, 0.3) is 11.7 Å². The molecule has 2 N–H and O–H groups in total. The van der Waals surface area contributed by atoms with E-state index in [1.54, 1.807) is 12.3 Å². The number of amides is 1. The van der Waals surface area contributed by atoms with Crippen molar-refractivity contribution >= 4 is 17.6 Å². The summed E-state index contributed by atoms with van der Waals surface area (Å²) in [7, 11) is 0. The number of H-pyrrole nitrogens is 1. The number of fused-ring (bicyclic) bond motifs is 1. The number of nitrogens with zero attached hydrogens (tertiary/aromatic N) is 6. The molecule has 0 spiro atoms. The molecule has 0 aromatic carbocycles. The number of carbonyl (C=O) groups excluding carboxylic acids is 1. The zero-order valence-corrected chi connectivity index (χ0v) is 11.4. The summed E-state index contributed by atoms with van der Waals surface area (Å²) in [6.07, 6.45) is 1.60. The van der Waals surface area contributed by atoms with Gasteiger partial charge in [-0.1, -0.05) is 0 Å². The summed E-state index contributed by atoms with van der Waals surface area (Å²) in [6, 6.07) is 1.93. The molecule has 0 fully saturated rings. The minimum absolute atomic E-state index is 0.00819. The molecule has 3 aromatic heterocycles. The molecule has 10 nitrogen and oxygen atoms in total. The Bertz CT molecular complexity index is 792. The highest BCUT2D eigenvalue weighted by Crippen LogP contribution is 2.07. The van der Waals surface area contributed by atoms with E-state index in [0.717, 1.165) is 5.69 Å². The van der Waals surface area contributed by atoms with E-state index in [9.17, 15) is 4.79 Å². The van der Waals surface area contributed by atoms with Crippen molar-refractivity contribution in [3.8, 4) is 6.01 Å². The zero-order valence-electron chi connectivity index (χ0n) is 11.4. The molecule has 108 valence electrons. The number of hydrogen-bond acceptors (Lipinski definition) is 7. The highest BCUT2D eigenvalue weighted by atomic mass is 16.5. The van der Waals surface area contributed by atoms with Crippen LogP contribution in [-0.2, 0) is 0 Å². The van der Waals surface area contributed by atoms with Gasteiger partial charge in [-0.25, -0.2) is 14.6 Å². The SMILES string of the molecule is CCOc1n[nH]c(NC(=O)c2nc3nccc(C)n3n2)n1. The van der Waals surface area contributed by atoms with Crippen LogP contribution in [0.1, 0.15) is 23.2 Å². The number of rotatable bonds is 4. The van der Waals surface area contributed by atoms with Crippen LogP contribution < -0.4 is 10.1 Å². The molecule has 3 rings (SSSR count). The molecular formula is C11H12N8O2. The highest BCUT2D eigenvalue weighted by Gasteiger charge is 2.16. The number of hydrogen-bond donors (Lipinski definition) is 2. The van der Waals surface area contributed by atoms with Crippen LogP contribution in [0.25, 0.3) is 5.78 Å². The minimum atomic E-state index is -0.515. The van der Waals surface area contributed by atoms with Crippen molar-refractivity contribution in [3.63, 3.8) is 0 Å². The molecule has 21 heavy (non-hydrogen) atoms. The summed E-state index contributed by atoms with van der Waals surface area (Å²) in [5, 5.41) is 12.9. The molecule has 3 aromatic rings. The highest BCUT2D eigenvalue weighted by molar-refractivity contribution is 6.00. The lowest BCUT2D eigenvalue weighted by atomic mass is 10.5. The van der Waals surface area contributed by atoms with Gasteiger partial charge in [0.1, 0.15) is 0 Å². The molecule has 0 saturated carbocycles. The molecule has 0 unspecified atom stereocenters. The van der Waals surface area contributed by atoms with E-state index in [-0.39, 0.29) is 17.8 Å². The maximum Gasteiger partial charge on any atom is 0.337 e. The monoisotopic (exact) mass is 288 g/mol. The number of nitrogens with one attached hydrogen (secondary N) is 2. The normalized spacial score (nSPS) is 10.8. The van der Waals surface area contributed by atoms with Crippen molar-refractivity contribution in [2.75, 3.05) is 11.9 Å². The lowest BCUT2D eigenvalue weighted by Crippen LogP contribution is -2.15. The van der Waals surface area contributed by atoms with E-state index in [1.165, 1.54) is 4.52 Å². The summed E-state index contributed by atoms with van der Waals surface area (Å²) in [5.74, 6) is -0.00929. The van der Waals surface area contributed by atoms with Crippen molar-refractivity contribution in [3.05, 3.63) is 23.8 Å². The second-order valence-electron chi connectivity index (χ2n) is 4.09. The molecular weight excluding hydrogens is 276 g/mol. The number of aryl methyl sites for hydroxylation is 1. The topological polar surface area (TPSA) is 123 Å². The summed E-state index contributed by atoms with van der Waals surface area (Å²) >= 11 is 0. The smallest absolute Gasteiger partial charge is 0.337 e. The second kappa shape index (κ2) is 5.15. The molecule has 0 atom stereocenters. The van der Waals surface area contributed by atoms with Gasteiger partial charge in [0.15, 0.2) is 0 Å². The van der Waals surface area contributed by atoms with Crippen LogP contribution in [0.15, 0.2) is 12.3 Å². The Hall–Kier alpha value is -3.04. The molecule has 3 heterocycles. The van der Waals surface area contributed by atoms with E-state index >= 15 is 0 Å². The largest absolute Gasteiger partial charge is 0.463 e. The Kier molecular flexibility index (Phi) is 3.18. The summed E-state index contributed by atoms with van der Waals surface area (Å²) < 4.78 is 6.57. The van der Waals surface area contributed by atoms with Crippen molar-refractivity contribution in [2.45, 2.75) is 13.8 Å². The van der Waals surface area contributed by atoms with Crippen LogP contribution in [-0.4, -0.2) is 47.3 Å². The number of anilines is 1. The Morgan fingerprint density at radius 2 is 2.33 bits per heavy atom. The maximum absolute atomic E-state index is 12.1. The van der Waals surface area contributed by atoms with Gasteiger partial charge in [-0.3, -0.25) is 10.1 Å². The first-order valence-electron chi connectivity index (χ1n) is 6.22. The maximum atomic E-state index is 12.1. The summed E-state index contributed by atoms with van der Waals surface area (Å²) in [5.41, 5.74) is 0.824. The Balaban J connectivity index is 1.81. The van der Waals surface area contributed by atoms with Gasteiger partial charge < -0.3 is 4.74 Å². The van der Waals surface area contributed by atoms with E-state index in [2.05, 4.69) is 35.6 Å². The van der Waals surface area contributed by atoms with Crippen LogP contribution in [0.2, 0.25) is 0 Å². The molecule has 10 heteroatoms. The predicted molar refractivity (Wildman–Crippen MR) is 71.0 cm³/mol. The van der Waals surface area contributed by atoms with Crippen LogP contribution >= 0.6 is 0 Å². The fourth-order valence-electron chi connectivity index (χ4n) is 1.66. The molecule has 1 amide bonds. The first-order valence-corrected chi connectivity index (χ1v) is 6.22. The van der Waals surface area contributed by atoms with Crippen LogP contribution in [0.4, 0.5) is 5.95 Å². The molecule has 0 aliphatic heterocycles. The Labute approximate surface area is 118 Å². The van der Waals surface area contributed by atoms with Crippen LogP contribution in [0, 0.1) is 6.92 Å². The average Bonchev–Trinajstić information content (AvgIpc) is 3.07. The second-order valence-corrected chi connectivity index (χ2v) is 4.09. The molecule has 0 aliphatic carbocycles. The zero-order chi connectivity index (χ0) is 14.8. The van der Waals surface area contributed by atoms with Crippen molar-refractivity contribution in [2.24, 2.45) is 0 Å². The summed E-state index contributed by atoms with van der Waals surface area (Å²) in [6.45, 7) is 4.09.